The molecule has 0 fully saturated rings. The summed E-state index contributed by atoms with van der Waals surface area (Å²) in [6.07, 6.45) is 7.14. The number of hydrazone groups is 1. The second kappa shape index (κ2) is 11.4. The van der Waals surface area contributed by atoms with Crippen LogP contribution in [0, 0.1) is 6.92 Å². The molecule has 0 atom stereocenters. The van der Waals surface area contributed by atoms with Crippen molar-refractivity contribution in [2.75, 3.05) is 0 Å². The first-order valence-electron chi connectivity index (χ1n) is 9.84. The van der Waals surface area contributed by atoms with Crippen molar-refractivity contribution in [1.82, 2.24) is 5.43 Å². The molecule has 0 heterocycles. The third kappa shape index (κ3) is 7.69. The number of carbonyl (C=O) groups excluding carboxylic acids is 1. The van der Waals surface area contributed by atoms with Gasteiger partial charge in [-0.15, -0.1) is 0 Å². The van der Waals surface area contributed by atoms with Crippen molar-refractivity contribution in [3.63, 3.8) is 0 Å². The first-order chi connectivity index (χ1) is 13.9. The highest BCUT2D eigenvalue weighted by molar-refractivity contribution is 7.87. The Bertz CT molecular complexity index is 922. The zero-order chi connectivity index (χ0) is 21.1. The standard InChI is InChI=1S/C22H28N2O4S/c1-3-4-5-6-7-12-22(25)24-23-17-19-10-8-9-11-21(19)28-29(26,27)20-15-13-18(2)14-16-20/h8-11,13-17H,3-7,12H2,1-2H3,(H,24,25)/b23-17+. The molecule has 0 saturated heterocycles. The molecule has 7 heteroatoms. The number of carbonyl (C=O) groups is 1. The van der Waals surface area contributed by atoms with E-state index in [0.29, 0.717) is 12.0 Å². The second-order valence-electron chi connectivity index (χ2n) is 6.85. The minimum atomic E-state index is -3.96. The Morgan fingerprint density at radius 3 is 2.45 bits per heavy atom. The van der Waals surface area contributed by atoms with Gasteiger partial charge in [0.2, 0.25) is 5.91 Å². The number of benzene rings is 2. The number of hydrogen-bond donors (Lipinski definition) is 1. The van der Waals surface area contributed by atoms with Gasteiger partial charge < -0.3 is 4.18 Å². The smallest absolute Gasteiger partial charge is 0.339 e. The Kier molecular flexibility index (Phi) is 8.86. The molecule has 0 aliphatic rings. The van der Waals surface area contributed by atoms with Crippen molar-refractivity contribution >= 4 is 22.2 Å². The Hall–Kier alpha value is -2.67. The van der Waals surface area contributed by atoms with Gasteiger partial charge in [0.15, 0.2) is 5.75 Å². The van der Waals surface area contributed by atoms with Gasteiger partial charge in [-0.1, -0.05) is 62.4 Å². The van der Waals surface area contributed by atoms with Crippen LogP contribution in [0.3, 0.4) is 0 Å². The van der Waals surface area contributed by atoms with Gasteiger partial charge in [-0.25, -0.2) is 5.43 Å². The van der Waals surface area contributed by atoms with E-state index in [4.69, 9.17) is 4.18 Å². The van der Waals surface area contributed by atoms with E-state index < -0.39 is 10.1 Å². The van der Waals surface area contributed by atoms with Crippen LogP contribution in [0.1, 0.15) is 56.6 Å². The van der Waals surface area contributed by atoms with Crippen LogP contribution >= 0.6 is 0 Å². The molecule has 0 aliphatic carbocycles. The van der Waals surface area contributed by atoms with Gasteiger partial charge in [-0.05, 0) is 37.6 Å². The lowest BCUT2D eigenvalue weighted by Gasteiger charge is -2.09. The number of nitrogens with zero attached hydrogens (tertiary/aromatic N) is 1. The first kappa shape index (κ1) is 22.6. The van der Waals surface area contributed by atoms with Crippen molar-refractivity contribution in [3.05, 3.63) is 59.7 Å². The van der Waals surface area contributed by atoms with E-state index in [9.17, 15) is 13.2 Å². The maximum absolute atomic E-state index is 12.5. The van der Waals surface area contributed by atoms with Crippen LogP contribution < -0.4 is 9.61 Å². The summed E-state index contributed by atoms with van der Waals surface area (Å²) in [5, 5.41) is 3.93. The van der Waals surface area contributed by atoms with Crippen LogP contribution in [-0.2, 0) is 14.9 Å². The summed E-state index contributed by atoms with van der Waals surface area (Å²) < 4.78 is 30.3. The fourth-order valence-electron chi connectivity index (χ4n) is 2.65. The summed E-state index contributed by atoms with van der Waals surface area (Å²) in [5.74, 6) is -0.0194. The third-order valence-corrected chi connectivity index (χ3v) is 5.58. The number of unbranched alkanes of at least 4 members (excludes halogenated alkanes) is 4. The molecule has 0 aromatic heterocycles. The number of hydrogen-bond acceptors (Lipinski definition) is 5. The van der Waals surface area contributed by atoms with E-state index in [1.54, 1.807) is 36.4 Å². The maximum atomic E-state index is 12.5. The lowest BCUT2D eigenvalue weighted by Crippen LogP contribution is -2.17. The molecule has 29 heavy (non-hydrogen) atoms. The highest BCUT2D eigenvalue weighted by Gasteiger charge is 2.17. The minimum absolute atomic E-state index is 0.0752. The number of rotatable bonds is 11. The van der Waals surface area contributed by atoms with E-state index >= 15 is 0 Å². The SMILES string of the molecule is CCCCCCCC(=O)N/N=C/c1ccccc1OS(=O)(=O)c1ccc(C)cc1. The van der Waals surface area contributed by atoms with Crippen molar-refractivity contribution in [3.8, 4) is 5.75 Å². The molecule has 2 rings (SSSR count). The third-order valence-electron chi connectivity index (χ3n) is 4.33. The molecule has 2 aromatic rings. The fraction of sp³-hybridized carbons (Fsp3) is 0.364. The van der Waals surface area contributed by atoms with Crippen LogP contribution in [0.2, 0.25) is 0 Å². The van der Waals surface area contributed by atoms with Crippen LogP contribution in [0.25, 0.3) is 0 Å². The van der Waals surface area contributed by atoms with Crippen molar-refractivity contribution < 1.29 is 17.4 Å². The molecule has 0 spiro atoms. The summed E-state index contributed by atoms with van der Waals surface area (Å²) in [6, 6.07) is 13.0. The average molecular weight is 417 g/mol. The zero-order valence-electron chi connectivity index (χ0n) is 16.9. The molecule has 0 unspecified atom stereocenters. The topological polar surface area (TPSA) is 84.8 Å². The molecule has 0 saturated carbocycles. The Labute approximate surface area is 173 Å². The second-order valence-corrected chi connectivity index (χ2v) is 8.39. The molecule has 2 aromatic carbocycles. The van der Waals surface area contributed by atoms with E-state index in [0.717, 1.165) is 31.2 Å². The van der Waals surface area contributed by atoms with Crippen LogP contribution in [0.5, 0.6) is 5.75 Å². The summed E-state index contributed by atoms with van der Waals surface area (Å²) in [7, 11) is -3.96. The molecule has 0 radical (unpaired) electrons. The van der Waals surface area contributed by atoms with Gasteiger partial charge in [0.25, 0.3) is 0 Å². The number of amides is 1. The van der Waals surface area contributed by atoms with Gasteiger partial charge in [0.05, 0.1) is 6.21 Å². The quantitative estimate of drug-likeness (QED) is 0.252. The zero-order valence-corrected chi connectivity index (χ0v) is 17.7. The van der Waals surface area contributed by atoms with Gasteiger partial charge in [-0.2, -0.15) is 13.5 Å². The van der Waals surface area contributed by atoms with Gasteiger partial charge in [0.1, 0.15) is 4.90 Å². The van der Waals surface area contributed by atoms with Crippen LogP contribution in [0.4, 0.5) is 0 Å². The minimum Gasteiger partial charge on any atom is -0.378 e. The molecular weight excluding hydrogens is 388 g/mol. The van der Waals surface area contributed by atoms with E-state index in [1.807, 2.05) is 6.92 Å². The summed E-state index contributed by atoms with van der Waals surface area (Å²) in [5.41, 5.74) is 3.88. The van der Waals surface area contributed by atoms with Crippen molar-refractivity contribution in [2.24, 2.45) is 5.10 Å². The average Bonchev–Trinajstić information content (AvgIpc) is 2.69. The van der Waals surface area contributed by atoms with E-state index in [-0.39, 0.29) is 16.6 Å². The molecule has 6 nitrogen and oxygen atoms in total. The molecule has 1 N–H and O–H groups in total. The van der Waals surface area contributed by atoms with Crippen molar-refractivity contribution in [2.45, 2.75) is 57.3 Å². The predicted octanol–water partition coefficient (Wildman–Crippen LogP) is 4.57. The normalized spacial score (nSPS) is 11.5. The number of aryl methyl sites for hydroxylation is 1. The highest BCUT2D eigenvalue weighted by Crippen LogP contribution is 2.22. The lowest BCUT2D eigenvalue weighted by atomic mass is 10.1. The Morgan fingerprint density at radius 2 is 1.72 bits per heavy atom. The monoisotopic (exact) mass is 416 g/mol. The molecule has 156 valence electrons. The van der Waals surface area contributed by atoms with E-state index in [2.05, 4.69) is 17.5 Å². The Morgan fingerprint density at radius 1 is 1.03 bits per heavy atom. The molecule has 1 amide bonds. The first-order valence-corrected chi connectivity index (χ1v) is 11.3. The molecular formula is C22H28N2O4S. The number of nitrogens with one attached hydrogen (secondary N) is 1. The van der Waals surface area contributed by atoms with Crippen LogP contribution in [-0.4, -0.2) is 20.5 Å². The Balaban J connectivity index is 1.97. The lowest BCUT2D eigenvalue weighted by molar-refractivity contribution is -0.121. The fourth-order valence-corrected chi connectivity index (χ4v) is 3.61. The molecule has 0 bridgehead atoms. The summed E-state index contributed by atoms with van der Waals surface area (Å²) >= 11 is 0. The van der Waals surface area contributed by atoms with E-state index in [1.165, 1.54) is 24.8 Å². The summed E-state index contributed by atoms with van der Waals surface area (Å²) in [6.45, 7) is 4.03. The predicted molar refractivity (Wildman–Crippen MR) is 115 cm³/mol. The van der Waals surface area contributed by atoms with Gasteiger partial charge in [-0.3, -0.25) is 4.79 Å². The van der Waals surface area contributed by atoms with Gasteiger partial charge >= 0.3 is 10.1 Å². The largest absolute Gasteiger partial charge is 0.378 e. The maximum Gasteiger partial charge on any atom is 0.339 e. The van der Waals surface area contributed by atoms with Gasteiger partial charge in [0, 0.05) is 12.0 Å². The number of para-hydroxylation sites is 1. The van der Waals surface area contributed by atoms with Crippen molar-refractivity contribution in [1.29, 1.82) is 0 Å². The van der Waals surface area contributed by atoms with Crippen LogP contribution in [0.15, 0.2) is 58.5 Å². The summed E-state index contributed by atoms with van der Waals surface area (Å²) in [4.78, 5) is 11.9. The molecule has 0 aliphatic heterocycles. The highest BCUT2D eigenvalue weighted by atomic mass is 32.2.